The van der Waals surface area contributed by atoms with Crippen LogP contribution in [0.25, 0.3) is 10.2 Å². The van der Waals surface area contributed by atoms with Gasteiger partial charge < -0.3 is 4.90 Å². The molecule has 0 saturated heterocycles. The smallest absolute Gasteiger partial charge is 0.260 e. The van der Waals surface area contributed by atoms with Crippen molar-refractivity contribution in [1.82, 2.24) is 9.97 Å². The van der Waals surface area contributed by atoms with Gasteiger partial charge in [0.1, 0.15) is 0 Å². The van der Waals surface area contributed by atoms with E-state index in [9.17, 15) is 4.79 Å². The minimum absolute atomic E-state index is 0.0725. The largest absolute Gasteiger partial charge is 0.378 e. The summed E-state index contributed by atoms with van der Waals surface area (Å²) < 4.78 is 1.08. The molecule has 0 atom stereocenters. The Bertz CT molecular complexity index is 1140. The highest BCUT2D eigenvalue weighted by molar-refractivity contribution is 7.22. The first-order valence-corrected chi connectivity index (χ1v) is 10.6. The molecule has 4 aromatic rings. The molecule has 0 fully saturated rings. The van der Waals surface area contributed by atoms with Crippen molar-refractivity contribution in [2.45, 2.75) is 20.4 Å². The van der Waals surface area contributed by atoms with E-state index < -0.39 is 0 Å². The number of thiazole rings is 1. The van der Waals surface area contributed by atoms with Crippen molar-refractivity contribution in [1.29, 1.82) is 0 Å². The minimum Gasteiger partial charge on any atom is -0.378 e. The maximum absolute atomic E-state index is 13.5. The summed E-state index contributed by atoms with van der Waals surface area (Å²) in [6.45, 7) is 4.59. The molecule has 1 amide bonds. The molecular weight excluding hydrogens is 392 g/mol. The van der Waals surface area contributed by atoms with E-state index >= 15 is 0 Å². The van der Waals surface area contributed by atoms with Crippen molar-refractivity contribution in [3.8, 4) is 0 Å². The van der Waals surface area contributed by atoms with Gasteiger partial charge in [-0.1, -0.05) is 17.4 Å². The van der Waals surface area contributed by atoms with E-state index in [1.165, 1.54) is 11.1 Å². The molecule has 0 aliphatic rings. The van der Waals surface area contributed by atoms with Crippen molar-refractivity contribution >= 4 is 38.3 Å². The second-order valence-electron chi connectivity index (χ2n) is 7.59. The quantitative estimate of drug-likeness (QED) is 0.447. The Morgan fingerprint density at radius 2 is 1.77 bits per heavy atom. The molecule has 0 bridgehead atoms. The number of nitrogens with zero attached hydrogens (tertiary/aromatic N) is 4. The summed E-state index contributed by atoms with van der Waals surface area (Å²) in [6.07, 6.45) is 3.52. The van der Waals surface area contributed by atoms with Crippen LogP contribution >= 0.6 is 11.3 Å². The van der Waals surface area contributed by atoms with Gasteiger partial charge in [-0.25, -0.2) is 4.98 Å². The van der Waals surface area contributed by atoms with E-state index in [4.69, 9.17) is 4.98 Å². The predicted octanol–water partition coefficient (Wildman–Crippen LogP) is 5.22. The maximum atomic E-state index is 13.5. The number of fused-ring (bicyclic) bond motifs is 1. The Kier molecular flexibility index (Phi) is 5.50. The van der Waals surface area contributed by atoms with Crippen molar-refractivity contribution in [3.63, 3.8) is 0 Å². The van der Waals surface area contributed by atoms with Gasteiger partial charge in [-0.3, -0.25) is 14.7 Å². The molecule has 30 heavy (non-hydrogen) atoms. The highest BCUT2D eigenvalue weighted by atomic mass is 32.1. The third-order valence-corrected chi connectivity index (χ3v) is 6.20. The fraction of sp³-hybridized carbons (Fsp3) is 0.208. The zero-order valence-electron chi connectivity index (χ0n) is 17.6. The number of benzene rings is 2. The van der Waals surface area contributed by atoms with Crippen LogP contribution in [0.4, 0.5) is 10.8 Å². The highest BCUT2D eigenvalue weighted by Gasteiger charge is 2.22. The van der Waals surface area contributed by atoms with Crippen LogP contribution in [-0.2, 0) is 6.54 Å². The molecule has 0 N–H and O–H groups in total. The number of carbonyl (C=O) groups is 1. The van der Waals surface area contributed by atoms with Crippen molar-refractivity contribution in [2.24, 2.45) is 0 Å². The standard InChI is InChI=1S/C24H24N4OS/c1-16-12-21-22(13-17(16)2)30-24(26-21)28(15-18-6-5-11-25-14-18)23(29)19-7-9-20(10-8-19)27(3)4/h5-14H,15H2,1-4H3. The van der Waals surface area contributed by atoms with Gasteiger partial charge in [0.2, 0.25) is 0 Å². The monoisotopic (exact) mass is 416 g/mol. The number of hydrogen-bond donors (Lipinski definition) is 0. The molecule has 0 aliphatic heterocycles. The molecule has 4 rings (SSSR count). The van der Waals surface area contributed by atoms with Gasteiger partial charge in [-0.15, -0.1) is 0 Å². The summed E-state index contributed by atoms with van der Waals surface area (Å²) in [5.41, 5.74) is 5.99. The van der Waals surface area contributed by atoms with Crippen LogP contribution in [0, 0.1) is 13.8 Å². The fourth-order valence-electron chi connectivity index (χ4n) is 3.24. The second-order valence-corrected chi connectivity index (χ2v) is 8.60. The van der Waals surface area contributed by atoms with E-state index in [1.807, 2.05) is 55.4 Å². The number of pyridine rings is 1. The lowest BCUT2D eigenvalue weighted by molar-refractivity contribution is 0.0985. The van der Waals surface area contributed by atoms with Gasteiger partial charge in [-0.2, -0.15) is 0 Å². The van der Waals surface area contributed by atoms with Crippen LogP contribution in [0.15, 0.2) is 60.9 Å². The zero-order chi connectivity index (χ0) is 21.3. The van der Waals surface area contributed by atoms with E-state index in [0.29, 0.717) is 17.2 Å². The summed E-state index contributed by atoms with van der Waals surface area (Å²) in [5.74, 6) is -0.0725. The summed E-state index contributed by atoms with van der Waals surface area (Å²) >= 11 is 1.54. The molecule has 152 valence electrons. The number of rotatable bonds is 5. The third kappa shape index (κ3) is 4.04. The summed E-state index contributed by atoms with van der Waals surface area (Å²) in [5, 5.41) is 0.695. The molecule has 2 heterocycles. The van der Waals surface area contributed by atoms with Gasteiger partial charge >= 0.3 is 0 Å². The average Bonchev–Trinajstić information content (AvgIpc) is 3.15. The topological polar surface area (TPSA) is 49.3 Å². The van der Waals surface area contributed by atoms with Gasteiger partial charge in [0.25, 0.3) is 5.91 Å². The Hall–Kier alpha value is -3.25. The number of aryl methyl sites for hydroxylation is 2. The van der Waals surface area contributed by atoms with Gasteiger partial charge in [0, 0.05) is 37.7 Å². The van der Waals surface area contributed by atoms with Gasteiger partial charge in [-0.05, 0) is 73.0 Å². The van der Waals surface area contributed by atoms with E-state index in [0.717, 1.165) is 21.5 Å². The van der Waals surface area contributed by atoms with E-state index in [1.54, 1.807) is 28.6 Å². The number of amides is 1. The highest BCUT2D eigenvalue weighted by Crippen LogP contribution is 2.32. The zero-order valence-corrected chi connectivity index (χ0v) is 18.4. The molecule has 0 saturated carbocycles. The first-order chi connectivity index (χ1) is 14.4. The number of carbonyl (C=O) groups excluding carboxylic acids is 1. The van der Waals surface area contributed by atoms with Gasteiger partial charge in [0.05, 0.1) is 16.8 Å². The predicted molar refractivity (Wildman–Crippen MR) is 125 cm³/mol. The Morgan fingerprint density at radius 3 is 2.43 bits per heavy atom. The Labute approximate surface area is 180 Å². The summed E-state index contributed by atoms with van der Waals surface area (Å²) in [7, 11) is 3.97. The Balaban J connectivity index is 1.75. The van der Waals surface area contributed by atoms with E-state index in [-0.39, 0.29) is 5.91 Å². The number of anilines is 2. The van der Waals surface area contributed by atoms with Crippen LogP contribution in [0.2, 0.25) is 0 Å². The average molecular weight is 417 g/mol. The molecule has 0 aliphatic carbocycles. The fourth-order valence-corrected chi connectivity index (χ4v) is 4.28. The molecule has 2 aromatic heterocycles. The normalized spacial score (nSPS) is 10.9. The summed E-state index contributed by atoms with van der Waals surface area (Å²) in [4.78, 5) is 26.3. The maximum Gasteiger partial charge on any atom is 0.260 e. The molecule has 0 spiro atoms. The molecule has 2 aromatic carbocycles. The third-order valence-electron chi connectivity index (χ3n) is 5.16. The number of hydrogen-bond acceptors (Lipinski definition) is 5. The van der Waals surface area contributed by atoms with Crippen LogP contribution in [0.3, 0.4) is 0 Å². The van der Waals surface area contributed by atoms with E-state index in [2.05, 4.69) is 31.0 Å². The molecule has 6 heteroatoms. The molecule has 0 unspecified atom stereocenters. The molecule has 0 radical (unpaired) electrons. The SMILES string of the molecule is Cc1cc2nc(N(Cc3cccnc3)C(=O)c3ccc(N(C)C)cc3)sc2cc1C. The van der Waals surface area contributed by atoms with Crippen LogP contribution in [0.1, 0.15) is 27.0 Å². The lowest BCUT2D eigenvalue weighted by Crippen LogP contribution is -2.30. The van der Waals surface area contributed by atoms with Crippen LogP contribution in [-0.4, -0.2) is 30.0 Å². The van der Waals surface area contributed by atoms with Crippen LogP contribution in [0.5, 0.6) is 0 Å². The van der Waals surface area contributed by atoms with Crippen LogP contribution < -0.4 is 9.80 Å². The summed E-state index contributed by atoms with van der Waals surface area (Å²) in [6, 6.07) is 15.7. The Morgan fingerprint density at radius 1 is 1.03 bits per heavy atom. The molecule has 5 nitrogen and oxygen atoms in total. The van der Waals surface area contributed by atoms with Crippen molar-refractivity contribution in [2.75, 3.05) is 23.9 Å². The second kappa shape index (κ2) is 8.24. The lowest BCUT2D eigenvalue weighted by atomic mass is 10.1. The van der Waals surface area contributed by atoms with Crippen molar-refractivity contribution in [3.05, 3.63) is 83.2 Å². The first kappa shape index (κ1) is 20.0. The minimum atomic E-state index is -0.0725. The molecular formula is C24H24N4OS. The van der Waals surface area contributed by atoms with Gasteiger partial charge in [0.15, 0.2) is 5.13 Å². The van der Waals surface area contributed by atoms with Crippen molar-refractivity contribution < 1.29 is 4.79 Å². The number of aromatic nitrogens is 2. The first-order valence-electron chi connectivity index (χ1n) is 9.78. The lowest BCUT2D eigenvalue weighted by Gasteiger charge is -2.20.